The third kappa shape index (κ3) is 4.67. The van der Waals surface area contributed by atoms with Crippen LogP contribution in [0.3, 0.4) is 0 Å². The Hall–Kier alpha value is -4.69. The quantitative estimate of drug-likeness (QED) is 0.225. The lowest BCUT2D eigenvalue weighted by Crippen LogP contribution is -2.30. The third-order valence-corrected chi connectivity index (χ3v) is 7.57. The van der Waals surface area contributed by atoms with Gasteiger partial charge in [0.05, 0.1) is 24.5 Å². The van der Waals surface area contributed by atoms with Crippen LogP contribution in [0.5, 0.6) is 5.75 Å². The molecular formula is C32H29N5O2S. The van der Waals surface area contributed by atoms with E-state index < -0.39 is 0 Å². The van der Waals surface area contributed by atoms with Gasteiger partial charge in [0.2, 0.25) is 5.91 Å². The molecule has 0 unspecified atom stereocenters. The molecule has 1 fully saturated rings. The van der Waals surface area contributed by atoms with Gasteiger partial charge in [0.15, 0.2) is 5.11 Å². The van der Waals surface area contributed by atoms with Crippen molar-refractivity contribution >= 4 is 45.4 Å². The van der Waals surface area contributed by atoms with E-state index in [1.165, 1.54) is 10.8 Å². The smallest absolute Gasteiger partial charge is 0.224 e. The highest BCUT2D eigenvalue weighted by Gasteiger charge is 2.42. The highest BCUT2D eigenvalue weighted by Crippen LogP contribution is 2.44. The fourth-order valence-corrected chi connectivity index (χ4v) is 5.65. The van der Waals surface area contributed by atoms with Gasteiger partial charge < -0.3 is 24.8 Å². The van der Waals surface area contributed by atoms with Gasteiger partial charge in [0.25, 0.3) is 0 Å². The number of fused-ring (bicyclic) bond motifs is 1. The molecule has 0 radical (unpaired) electrons. The molecule has 2 aromatic heterocycles. The highest BCUT2D eigenvalue weighted by atomic mass is 32.1. The summed E-state index contributed by atoms with van der Waals surface area (Å²) in [5.41, 5.74) is 4.47. The van der Waals surface area contributed by atoms with Crippen molar-refractivity contribution in [2.45, 2.75) is 25.4 Å². The normalized spacial score (nSPS) is 16.6. The SMILES string of the molecule is CCC(=O)Nc1ccc(N2C(=S)N[C@H](c3ccccn3)[C@H]2c2cccn2-c2ccc3ccccc3c2)cc1OC. The van der Waals surface area contributed by atoms with Gasteiger partial charge in [0.1, 0.15) is 11.8 Å². The number of pyridine rings is 1. The van der Waals surface area contributed by atoms with Crippen LogP contribution >= 0.6 is 12.2 Å². The van der Waals surface area contributed by atoms with Gasteiger partial charge in [0, 0.05) is 41.9 Å². The summed E-state index contributed by atoms with van der Waals surface area (Å²) in [6.45, 7) is 1.82. The van der Waals surface area contributed by atoms with Crippen LogP contribution in [0.25, 0.3) is 16.5 Å². The average molecular weight is 548 g/mol. The summed E-state index contributed by atoms with van der Waals surface area (Å²) < 4.78 is 7.89. The molecule has 1 saturated heterocycles. The zero-order valence-corrected chi connectivity index (χ0v) is 23.1. The van der Waals surface area contributed by atoms with Gasteiger partial charge in [-0.2, -0.15) is 0 Å². The first kappa shape index (κ1) is 25.6. The van der Waals surface area contributed by atoms with Gasteiger partial charge in [-0.3, -0.25) is 9.78 Å². The largest absolute Gasteiger partial charge is 0.494 e. The molecule has 0 spiro atoms. The lowest BCUT2D eigenvalue weighted by Gasteiger charge is -2.29. The number of carbonyl (C=O) groups excluding carboxylic acids is 1. The number of hydrogen-bond donors (Lipinski definition) is 2. The van der Waals surface area contributed by atoms with Crippen LogP contribution in [0, 0.1) is 0 Å². The summed E-state index contributed by atoms with van der Waals surface area (Å²) in [6.07, 6.45) is 4.26. The molecule has 1 aliphatic heterocycles. The molecule has 40 heavy (non-hydrogen) atoms. The molecule has 200 valence electrons. The van der Waals surface area contributed by atoms with Crippen LogP contribution in [0.2, 0.25) is 0 Å². The van der Waals surface area contributed by atoms with E-state index in [0.29, 0.717) is 23.0 Å². The molecule has 3 heterocycles. The van der Waals surface area contributed by atoms with Crippen LogP contribution < -0.4 is 20.3 Å². The number of nitrogens with zero attached hydrogens (tertiary/aromatic N) is 3. The van der Waals surface area contributed by atoms with E-state index in [0.717, 1.165) is 22.8 Å². The second-order valence-electron chi connectivity index (χ2n) is 9.62. The van der Waals surface area contributed by atoms with E-state index in [1.54, 1.807) is 13.3 Å². The highest BCUT2D eigenvalue weighted by molar-refractivity contribution is 7.80. The summed E-state index contributed by atoms with van der Waals surface area (Å²) in [4.78, 5) is 18.9. The Morgan fingerprint density at radius 2 is 1.77 bits per heavy atom. The maximum atomic E-state index is 12.1. The molecule has 0 bridgehead atoms. The van der Waals surface area contributed by atoms with Crippen molar-refractivity contribution in [3.63, 3.8) is 0 Å². The zero-order chi connectivity index (χ0) is 27.6. The number of rotatable bonds is 7. The minimum atomic E-state index is -0.218. The van der Waals surface area contributed by atoms with Crippen LogP contribution in [0.15, 0.2) is 103 Å². The van der Waals surface area contributed by atoms with E-state index in [4.69, 9.17) is 17.0 Å². The van der Waals surface area contributed by atoms with Crippen molar-refractivity contribution in [2.24, 2.45) is 0 Å². The Balaban J connectivity index is 1.47. The van der Waals surface area contributed by atoms with Gasteiger partial charge in [-0.25, -0.2) is 0 Å². The molecule has 2 N–H and O–H groups in total. The van der Waals surface area contributed by atoms with Crippen molar-refractivity contribution in [1.29, 1.82) is 0 Å². The Labute approximate surface area is 238 Å². The lowest BCUT2D eigenvalue weighted by molar-refractivity contribution is -0.115. The van der Waals surface area contributed by atoms with Crippen molar-refractivity contribution in [1.82, 2.24) is 14.9 Å². The van der Waals surface area contributed by atoms with Crippen LogP contribution in [-0.2, 0) is 4.79 Å². The topological polar surface area (TPSA) is 71.4 Å². The minimum Gasteiger partial charge on any atom is -0.494 e. The lowest BCUT2D eigenvalue weighted by atomic mass is 10.0. The zero-order valence-electron chi connectivity index (χ0n) is 22.2. The second-order valence-corrected chi connectivity index (χ2v) is 10.0. The number of carbonyl (C=O) groups is 1. The van der Waals surface area contributed by atoms with Gasteiger partial charge in [-0.15, -0.1) is 0 Å². The number of methoxy groups -OCH3 is 1. The van der Waals surface area contributed by atoms with E-state index in [9.17, 15) is 4.79 Å². The van der Waals surface area contributed by atoms with E-state index in [-0.39, 0.29) is 18.0 Å². The van der Waals surface area contributed by atoms with E-state index >= 15 is 0 Å². The maximum absolute atomic E-state index is 12.1. The molecule has 8 heteroatoms. The molecule has 1 aliphatic rings. The van der Waals surface area contributed by atoms with Crippen LogP contribution in [-0.4, -0.2) is 27.7 Å². The summed E-state index contributed by atoms with van der Waals surface area (Å²) in [5, 5.41) is 9.39. The number of amides is 1. The van der Waals surface area contributed by atoms with Crippen molar-refractivity contribution in [3.05, 3.63) is 115 Å². The Morgan fingerprint density at radius 1 is 0.975 bits per heavy atom. The molecule has 5 aromatic rings. The average Bonchev–Trinajstić information content (AvgIpc) is 3.62. The second kappa shape index (κ2) is 10.8. The molecule has 1 amide bonds. The first-order valence-corrected chi connectivity index (χ1v) is 13.6. The van der Waals surface area contributed by atoms with Crippen molar-refractivity contribution in [3.8, 4) is 11.4 Å². The first-order valence-electron chi connectivity index (χ1n) is 13.2. The Kier molecular flexibility index (Phi) is 6.92. The van der Waals surface area contributed by atoms with E-state index in [2.05, 4.69) is 85.9 Å². The Morgan fingerprint density at radius 3 is 2.55 bits per heavy atom. The molecule has 0 saturated carbocycles. The number of benzene rings is 3. The minimum absolute atomic E-state index is 0.0780. The Bertz CT molecular complexity index is 1700. The number of hydrogen-bond acceptors (Lipinski definition) is 4. The molecule has 3 aromatic carbocycles. The van der Waals surface area contributed by atoms with Crippen LogP contribution in [0.1, 0.15) is 36.8 Å². The molecular weight excluding hydrogens is 518 g/mol. The van der Waals surface area contributed by atoms with Crippen molar-refractivity contribution in [2.75, 3.05) is 17.3 Å². The third-order valence-electron chi connectivity index (χ3n) is 7.25. The molecule has 6 rings (SSSR count). The molecule has 7 nitrogen and oxygen atoms in total. The summed E-state index contributed by atoms with van der Waals surface area (Å²) in [6, 6.07) is 30.3. The fourth-order valence-electron chi connectivity index (χ4n) is 5.30. The maximum Gasteiger partial charge on any atom is 0.224 e. The van der Waals surface area contributed by atoms with Crippen molar-refractivity contribution < 1.29 is 9.53 Å². The number of nitrogens with one attached hydrogen (secondary N) is 2. The predicted octanol–water partition coefficient (Wildman–Crippen LogP) is 6.56. The number of ether oxygens (including phenoxy) is 1. The van der Waals surface area contributed by atoms with Gasteiger partial charge in [-0.1, -0.05) is 43.3 Å². The summed E-state index contributed by atoms with van der Waals surface area (Å²) in [7, 11) is 1.60. The predicted molar refractivity (Wildman–Crippen MR) is 163 cm³/mol. The number of anilines is 2. The summed E-state index contributed by atoms with van der Waals surface area (Å²) in [5.74, 6) is 0.484. The number of aromatic nitrogens is 2. The standard InChI is InChI=1S/C32H29N5O2S/c1-3-29(38)34-25-16-15-24(20-28(25)39-2)37-31(30(35-32(37)40)26-11-6-7-17-33-26)27-12-8-18-36(27)23-14-13-21-9-4-5-10-22(21)19-23/h4-20,30-31H,3H2,1-2H3,(H,34,38)(H,35,40)/t30-,31-/m1/s1. The monoisotopic (exact) mass is 547 g/mol. The fraction of sp³-hybridized carbons (Fsp3) is 0.156. The molecule has 0 aliphatic carbocycles. The molecule has 2 atom stereocenters. The number of thiocarbonyl (C=S) groups is 1. The van der Waals surface area contributed by atoms with Gasteiger partial charge >= 0.3 is 0 Å². The van der Waals surface area contributed by atoms with E-state index in [1.807, 2.05) is 43.3 Å². The van der Waals surface area contributed by atoms with Gasteiger partial charge in [-0.05, 0) is 71.5 Å². The van der Waals surface area contributed by atoms with Crippen LogP contribution in [0.4, 0.5) is 11.4 Å². The first-order chi connectivity index (χ1) is 19.6. The summed E-state index contributed by atoms with van der Waals surface area (Å²) >= 11 is 5.94.